The van der Waals surface area contributed by atoms with Crippen LogP contribution < -0.4 is 5.32 Å². The molecule has 3 heterocycles. The number of aromatic amines is 1. The Morgan fingerprint density at radius 2 is 2.04 bits per heavy atom. The molecule has 0 bridgehead atoms. The van der Waals surface area contributed by atoms with Crippen LogP contribution in [0.1, 0.15) is 10.5 Å². The first-order valence-corrected chi connectivity index (χ1v) is 8.32. The molecule has 0 radical (unpaired) electrons. The van der Waals surface area contributed by atoms with Crippen LogP contribution in [0.3, 0.4) is 0 Å². The molecule has 0 saturated carbocycles. The topological polar surface area (TPSA) is 115 Å². The summed E-state index contributed by atoms with van der Waals surface area (Å²) in [5.41, 5.74) is 1.29. The van der Waals surface area contributed by atoms with Crippen molar-refractivity contribution in [1.29, 1.82) is 0 Å². The lowest BCUT2D eigenvalue weighted by molar-refractivity contribution is 0.0713. The maximum atomic E-state index is 12.3. The van der Waals surface area contributed by atoms with Crippen LogP contribution in [0, 0.1) is 0 Å². The van der Waals surface area contributed by atoms with Gasteiger partial charge in [0.25, 0.3) is 11.6 Å². The van der Waals surface area contributed by atoms with Crippen molar-refractivity contribution in [2.75, 3.05) is 5.32 Å². The third-order valence-electron chi connectivity index (χ3n) is 3.42. The van der Waals surface area contributed by atoms with E-state index in [4.69, 9.17) is 32.4 Å². The van der Waals surface area contributed by atoms with Gasteiger partial charge in [0.1, 0.15) is 16.5 Å². The van der Waals surface area contributed by atoms with E-state index in [2.05, 4.69) is 25.4 Å². The van der Waals surface area contributed by atoms with Crippen LogP contribution in [0.5, 0.6) is 0 Å². The Hall–Kier alpha value is -3.30. The SMILES string of the molecule is O=C(Nc1cccc(-n2o[nH]c3nc(Cl)cnc3o2)c1Cl)c1ccccn1. The van der Waals surface area contributed by atoms with Crippen LogP contribution in [0.15, 0.2) is 57.9 Å². The monoisotopic (exact) mass is 404 g/mol. The minimum atomic E-state index is -0.404. The molecule has 1 aromatic carbocycles. The minimum absolute atomic E-state index is 0.143. The fourth-order valence-corrected chi connectivity index (χ4v) is 2.59. The van der Waals surface area contributed by atoms with Crippen molar-refractivity contribution in [3.63, 3.8) is 0 Å². The third kappa shape index (κ3) is 3.50. The van der Waals surface area contributed by atoms with E-state index < -0.39 is 5.91 Å². The van der Waals surface area contributed by atoms with Gasteiger partial charge in [-0.2, -0.15) is 5.16 Å². The van der Waals surface area contributed by atoms with Gasteiger partial charge in [-0.1, -0.05) is 35.3 Å². The maximum absolute atomic E-state index is 12.3. The second kappa shape index (κ2) is 7.14. The summed E-state index contributed by atoms with van der Waals surface area (Å²) in [5, 5.41) is 5.62. The van der Waals surface area contributed by atoms with Crippen molar-refractivity contribution in [2.45, 2.75) is 0 Å². The molecular formula is C16H10Cl2N6O3. The Kier molecular flexibility index (Phi) is 4.53. The van der Waals surface area contributed by atoms with E-state index in [9.17, 15) is 4.79 Å². The average Bonchev–Trinajstić information content (AvgIpc) is 2.70. The van der Waals surface area contributed by atoms with Crippen molar-refractivity contribution >= 4 is 46.2 Å². The smallest absolute Gasteiger partial charge is 0.296 e. The number of aromatic nitrogens is 5. The molecule has 0 aliphatic heterocycles. The highest BCUT2D eigenvalue weighted by molar-refractivity contribution is 6.35. The molecule has 0 spiro atoms. The van der Waals surface area contributed by atoms with E-state index >= 15 is 0 Å². The summed E-state index contributed by atoms with van der Waals surface area (Å²) in [7, 11) is 0. The number of benzene rings is 1. The summed E-state index contributed by atoms with van der Waals surface area (Å²) >= 11 is 12.2. The van der Waals surface area contributed by atoms with Gasteiger partial charge in [-0.15, -0.1) is 0 Å². The molecule has 1 amide bonds. The lowest BCUT2D eigenvalue weighted by Crippen LogP contribution is -2.14. The Labute approximate surface area is 161 Å². The number of pyridine rings is 1. The second-order valence-electron chi connectivity index (χ2n) is 5.20. The Balaban J connectivity index is 1.70. The van der Waals surface area contributed by atoms with Gasteiger partial charge < -0.3 is 9.84 Å². The lowest BCUT2D eigenvalue weighted by atomic mass is 10.2. The fourth-order valence-electron chi connectivity index (χ4n) is 2.21. The molecule has 136 valence electrons. The van der Waals surface area contributed by atoms with Gasteiger partial charge in [0.05, 0.1) is 16.9 Å². The average molecular weight is 405 g/mol. The number of nitrogens with zero attached hydrogens (tertiary/aromatic N) is 4. The van der Waals surface area contributed by atoms with Crippen molar-refractivity contribution in [1.82, 2.24) is 25.0 Å². The molecule has 0 unspecified atom stereocenters. The van der Waals surface area contributed by atoms with Gasteiger partial charge in [-0.25, -0.2) is 9.97 Å². The van der Waals surface area contributed by atoms with E-state index in [1.807, 2.05) is 0 Å². The van der Waals surface area contributed by atoms with Crippen molar-refractivity contribution < 1.29 is 13.9 Å². The molecule has 0 atom stereocenters. The molecule has 4 aromatic rings. The molecule has 2 N–H and O–H groups in total. The summed E-state index contributed by atoms with van der Waals surface area (Å²) < 4.78 is 10.8. The fraction of sp³-hybridized carbons (Fsp3) is 0. The van der Waals surface area contributed by atoms with Gasteiger partial charge in [-0.3, -0.25) is 14.4 Å². The predicted octanol–water partition coefficient (Wildman–Crippen LogP) is 4.01. The third-order valence-corrected chi connectivity index (χ3v) is 4.00. The first-order valence-electron chi connectivity index (χ1n) is 7.56. The summed E-state index contributed by atoms with van der Waals surface area (Å²) in [4.78, 5) is 25.3. The zero-order valence-electron chi connectivity index (χ0n) is 13.4. The van der Waals surface area contributed by atoms with Gasteiger partial charge in [-0.05, 0) is 29.2 Å². The van der Waals surface area contributed by atoms with Crippen molar-refractivity contribution in [3.05, 3.63) is 64.7 Å². The Morgan fingerprint density at radius 1 is 1.15 bits per heavy atom. The lowest BCUT2D eigenvalue weighted by Gasteiger charge is -2.10. The number of carbonyl (C=O) groups excluding carboxylic acids is 1. The first-order chi connectivity index (χ1) is 13.1. The highest BCUT2D eigenvalue weighted by Gasteiger charge is 2.15. The number of hydrogen-bond acceptors (Lipinski definition) is 6. The predicted molar refractivity (Wildman–Crippen MR) is 97.6 cm³/mol. The van der Waals surface area contributed by atoms with Gasteiger partial charge in [0.15, 0.2) is 0 Å². The second-order valence-corrected chi connectivity index (χ2v) is 5.96. The summed E-state index contributed by atoms with van der Waals surface area (Å²) in [6.45, 7) is 0. The minimum Gasteiger partial charge on any atom is -0.319 e. The van der Waals surface area contributed by atoms with Crippen LogP contribution in [0.4, 0.5) is 5.69 Å². The zero-order chi connectivity index (χ0) is 18.8. The van der Waals surface area contributed by atoms with E-state index in [1.165, 1.54) is 12.4 Å². The van der Waals surface area contributed by atoms with Crippen molar-refractivity contribution in [2.24, 2.45) is 0 Å². The molecule has 27 heavy (non-hydrogen) atoms. The number of carbonyl (C=O) groups is 1. The largest absolute Gasteiger partial charge is 0.319 e. The normalized spacial score (nSPS) is 10.7. The first kappa shape index (κ1) is 17.1. The maximum Gasteiger partial charge on any atom is 0.296 e. The molecular weight excluding hydrogens is 395 g/mol. The Bertz CT molecular complexity index is 1160. The highest BCUT2D eigenvalue weighted by atomic mass is 35.5. The van der Waals surface area contributed by atoms with Gasteiger partial charge in [0, 0.05) is 6.20 Å². The summed E-state index contributed by atoms with van der Waals surface area (Å²) in [6.07, 6.45) is 2.86. The molecule has 0 fully saturated rings. The summed E-state index contributed by atoms with van der Waals surface area (Å²) in [6, 6.07) is 9.97. The quantitative estimate of drug-likeness (QED) is 0.532. The van der Waals surface area contributed by atoms with Gasteiger partial charge >= 0.3 is 0 Å². The van der Waals surface area contributed by atoms with E-state index in [0.717, 1.165) is 4.91 Å². The van der Waals surface area contributed by atoms with E-state index in [0.29, 0.717) is 11.4 Å². The van der Waals surface area contributed by atoms with Crippen LogP contribution in [-0.4, -0.2) is 30.9 Å². The molecule has 0 aliphatic rings. The number of rotatable bonds is 3. The van der Waals surface area contributed by atoms with Crippen LogP contribution in [0.25, 0.3) is 17.0 Å². The molecule has 3 aromatic heterocycles. The number of halogens is 2. The number of nitrogens with one attached hydrogen (secondary N) is 2. The Morgan fingerprint density at radius 3 is 2.85 bits per heavy atom. The number of fused-ring (bicyclic) bond motifs is 1. The van der Waals surface area contributed by atoms with Gasteiger partial charge in [0.2, 0.25) is 5.65 Å². The van der Waals surface area contributed by atoms with Crippen LogP contribution in [0.2, 0.25) is 10.2 Å². The van der Waals surface area contributed by atoms with E-state index in [1.54, 1.807) is 36.4 Å². The molecule has 0 aliphatic carbocycles. The van der Waals surface area contributed by atoms with Crippen LogP contribution in [-0.2, 0) is 0 Å². The zero-order valence-corrected chi connectivity index (χ0v) is 14.9. The number of amides is 1. The standard InChI is InChI=1S/C16H10Cl2N6O3/c17-12-8-20-16-14(22-12)23-27-24(26-16)11-6-3-5-9(13(11)18)21-15(25)10-4-1-2-7-19-10/h1-8H,(H,21,25)(H,22,23). The highest BCUT2D eigenvalue weighted by Crippen LogP contribution is 2.29. The van der Waals surface area contributed by atoms with Crippen molar-refractivity contribution in [3.8, 4) is 5.69 Å². The van der Waals surface area contributed by atoms with Crippen LogP contribution >= 0.6 is 23.2 Å². The van der Waals surface area contributed by atoms with E-state index in [-0.39, 0.29) is 27.2 Å². The summed E-state index contributed by atoms with van der Waals surface area (Å²) in [5.74, 6) is -0.404. The molecule has 11 heteroatoms. The number of H-pyrrole nitrogens is 1. The number of anilines is 1. The number of hydrogen-bond donors (Lipinski definition) is 2. The molecule has 0 saturated heterocycles. The molecule has 9 nitrogen and oxygen atoms in total. The molecule has 4 rings (SSSR count).